The minimum absolute atomic E-state index is 0.766. The van der Waals surface area contributed by atoms with Gasteiger partial charge in [0.2, 0.25) is 0 Å². The monoisotopic (exact) mass is 237 g/mol. The zero-order valence-electron chi connectivity index (χ0n) is 10.7. The molecule has 1 heteroatoms. The molecule has 1 nitrogen and oxygen atoms in total. The molecule has 0 bridgehead atoms. The van der Waals surface area contributed by atoms with E-state index in [9.17, 15) is 0 Å². The molecule has 0 saturated heterocycles. The molecule has 0 radical (unpaired) electrons. The van der Waals surface area contributed by atoms with Crippen molar-refractivity contribution in [1.29, 1.82) is 0 Å². The van der Waals surface area contributed by atoms with Gasteiger partial charge in [0.25, 0.3) is 0 Å². The molecule has 1 saturated carbocycles. The highest BCUT2D eigenvalue weighted by molar-refractivity contribution is 5.59. The summed E-state index contributed by atoms with van der Waals surface area (Å²) in [5, 5.41) is 0. The molecule has 0 spiro atoms. The molecule has 1 aliphatic rings. The molecular weight excluding hydrogens is 218 g/mol. The molecular formula is C17H19N. The Kier molecular flexibility index (Phi) is 3.40. The lowest BCUT2D eigenvalue weighted by Gasteiger charge is -2.22. The Morgan fingerprint density at radius 1 is 0.889 bits per heavy atom. The van der Waals surface area contributed by atoms with Gasteiger partial charge in [-0.2, -0.15) is 0 Å². The van der Waals surface area contributed by atoms with Gasteiger partial charge in [-0.15, -0.1) is 0 Å². The SMILES string of the molecule is c1ccc(-c2cccc(C3CCCCC3)c2)nc1. The van der Waals surface area contributed by atoms with Gasteiger partial charge in [0.1, 0.15) is 0 Å². The first-order chi connectivity index (χ1) is 8.93. The lowest BCUT2D eigenvalue weighted by Crippen LogP contribution is -2.04. The highest BCUT2D eigenvalue weighted by Gasteiger charge is 2.15. The van der Waals surface area contributed by atoms with Crippen LogP contribution in [0.25, 0.3) is 11.3 Å². The highest BCUT2D eigenvalue weighted by Crippen LogP contribution is 2.33. The first kappa shape index (κ1) is 11.5. The number of hydrogen-bond donors (Lipinski definition) is 0. The number of pyridine rings is 1. The second-order valence-electron chi connectivity index (χ2n) is 5.18. The van der Waals surface area contributed by atoms with Gasteiger partial charge < -0.3 is 0 Å². The van der Waals surface area contributed by atoms with Gasteiger partial charge in [-0.05, 0) is 42.5 Å². The maximum Gasteiger partial charge on any atom is 0.0702 e. The molecule has 1 aliphatic carbocycles. The number of hydrogen-bond acceptors (Lipinski definition) is 1. The summed E-state index contributed by atoms with van der Waals surface area (Å²) in [5.74, 6) is 0.766. The molecule has 0 amide bonds. The van der Waals surface area contributed by atoms with Gasteiger partial charge >= 0.3 is 0 Å². The Hall–Kier alpha value is -1.63. The third-order valence-corrected chi connectivity index (χ3v) is 3.92. The van der Waals surface area contributed by atoms with Crippen LogP contribution in [-0.4, -0.2) is 4.98 Å². The summed E-state index contributed by atoms with van der Waals surface area (Å²) in [5.41, 5.74) is 3.83. The average Bonchev–Trinajstić information content (AvgIpc) is 2.49. The van der Waals surface area contributed by atoms with Crippen molar-refractivity contribution in [1.82, 2.24) is 4.98 Å². The zero-order chi connectivity index (χ0) is 12.2. The molecule has 1 heterocycles. The third-order valence-electron chi connectivity index (χ3n) is 3.92. The van der Waals surface area contributed by atoms with Gasteiger partial charge in [-0.25, -0.2) is 0 Å². The van der Waals surface area contributed by atoms with Crippen LogP contribution in [0.1, 0.15) is 43.6 Å². The molecule has 0 aliphatic heterocycles. The van der Waals surface area contributed by atoms with Gasteiger partial charge in [-0.1, -0.05) is 43.5 Å². The van der Waals surface area contributed by atoms with E-state index >= 15 is 0 Å². The Morgan fingerprint density at radius 2 is 1.78 bits per heavy atom. The standard InChI is InChI=1S/C17H19N/c1-2-7-14(8-3-1)15-9-6-10-16(13-15)17-11-4-5-12-18-17/h4-6,9-14H,1-3,7-8H2. The molecule has 1 aromatic heterocycles. The topological polar surface area (TPSA) is 12.9 Å². The quantitative estimate of drug-likeness (QED) is 0.731. The van der Waals surface area contributed by atoms with E-state index in [-0.39, 0.29) is 0 Å². The van der Waals surface area contributed by atoms with Crippen LogP contribution in [0.15, 0.2) is 48.7 Å². The van der Waals surface area contributed by atoms with Crippen LogP contribution in [0.4, 0.5) is 0 Å². The molecule has 0 atom stereocenters. The van der Waals surface area contributed by atoms with Crippen LogP contribution >= 0.6 is 0 Å². The molecule has 18 heavy (non-hydrogen) atoms. The summed E-state index contributed by atoms with van der Waals surface area (Å²) in [6.07, 6.45) is 8.76. The van der Waals surface area contributed by atoms with Crippen molar-refractivity contribution in [2.45, 2.75) is 38.0 Å². The van der Waals surface area contributed by atoms with Gasteiger partial charge in [0, 0.05) is 11.8 Å². The second kappa shape index (κ2) is 5.34. The minimum Gasteiger partial charge on any atom is -0.256 e. The molecule has 3 rings (SSSR count). The smallest absolute Gasteiger partial charge is 0.0702 e. The van der Waals surface area contributed by atoms with Crippen LogP contribution in [0.5, 0.6) is 0 Å². The van der Waals surface area contributed by atoms with Crippen molar-refractivity contribution in [2.75, 3.05) is 0 Å². The predicted molar refractivity (Wildman–Crippen MR) is 75.5 cm³/mol. The Morgan fingerprint density at radius 3 is 2.56 bits per heavy atom. The zero-order valence-corrected chi connectivity index (χ0v) is 10.7. The molecule has 92 valence electrons. The van der Waals surface area contributed by atoms with Crippen LogP contribution in [-0.2, 0) is 0 Å². The van der Waals surface area contributed by atoms with Crippen molar-refractivity contribution in [3.63, 3.8) is 0 Å². The lowest BCUT2D eigenvalue weighted by molar-refractivity contribution is 0.443. The number of benzene rings is 1. The fraction of sp³-hybridized carbons (Fsp3) is 0.353. The summed E-state index contributed by atoms with van der Waals surface area (Å²) in [6, 6.07) is 15.0. The molecule has 0 N–H and O–H groups in total. The van der Waals surface area contributed by atoms with Gasteiger partial charge in [0.15, 0.2) is 0 Å². The molecule has 0 unspecified atom stereocenters. The number of nitrogens with zero attached hydrogens (tertiary/aromatic N) is 1. The summed E-state index contributed by atoms with van der Waals surface area (Å²) in [6.45, 7) is 0. The van der Waals surface area contributed by atoms with E-state index in [1.165, 1.54) is 43.2 Å². The van der Waals surface area contributed by atoms with E-state index in [0.717, 1.165) is 11.6 Å². The number of aromatic nitrogens is 1. The highest BCUT2D eigenvalue weighted by atomic mass is 14.7. The van der Waals surface area contributed by atoms with E-state index in [2.05, 4.69) is 41.4 Å². The van der Waals surface area contributed by atoms with Crippen molar-refractivity contribution >= 4 is 0 Å². The summed E-state index contributed by atoms with van der Waals surface area (Å²) < 4.78 is 0. The van der Waals surface area contributed by atoms with E-state index in [0.29, 0.717) is 0 Å². The van der Waals surface area contributed by atoms with E-state index < -0.39 is 0 Å². The second-order valence-corrected chi connectivity index (χ2v) is 5.18. The summed E-state index contributed by atoms with van der Waals surface area (Å²) in [7, 11) is 0. The first-order valence-electron chi connectivity index (χ1n) is 6.95. The van der Waals surface area contributed by atoms with Crippen molar-refractivity contribution in [3.8, 4) is 11.3 Å². The van der Waals surface area contributed by atoms with Crippen molar-refractivity contribution in [3.05, 3.63) is 54.2 Å². The third kappa shape index (κ3) is 2.45. The van der Waals surface area contributed by atoms with E-state index in [1.807, 2.05) is 12.3 Å². The fourth-order valence-electron chi connectivity index (χ4n) is 2.92. The van der Waals surface area contributed by atoms with Crippen LogP contribution in [0, 0.1) is 0 Å². The van der Waals surface area contributed by atoms with E-state index in [4.69, 9.17) is 0 Å². The van der Waals surface area contributed by atoms with Gasteiger partial charge in [0.05, 0.1) is 5.69 Å². The minimum atomic E-state index is 0.766. The molecule has 1 aromatic carbocycles. The van der Waals surface area contributed by atoms with E-state index in [1.54, 1.807) is 0 Å². The predicted octanol–water partition coefficient (Wildman–Crippen LogP) is 4.80. The maximum atomic E-state index is 4.44. The van der Waals surface area contributed by atoms with Crippen molar-refractivity contribution < 1.29 is 0 Å². The Balaban J connectivity index is 1.89. The first-order valence-corrected chi connectivity index (χ1v) is 6.95. The molecule has 2 aromatic rings. The number of rotatable bonds is 2. The fourth-order valence-corrected chi connectivity index (χ4v) is 2.92. The lowest BCUT2D eigenvalue weighted by atomic mass is 9.83. The Labute approximate surface area is 109 Å². The van der Waals surface area contributed by atoms with Gasteiger partial charge in [-0.3, -0.25) is 4.98 Å². The average molecular weight is 237 g/mol. The van der Waals surface area contributed by atoms with Crippen LogP contribution in [0.3, 0.4) is 0 Å². The maximum absolute atomic E-state index is 4.44. The van der Waals surface area contributed by atoms with Crippen LogP contribution in [0.2, 0.25) is 0 Å². The molecule has 1 fully saturated rings. The largest absolute Gasteiger partial charge is 0.256 e. The normalized spacial score (nSPS) is 16.7. The van der Waals surface area contributed by atoms with Crippen LogP contribution < -0.4 is 0 Å². The summed E-state index contributed by atoms with van der Waals surface area (Å²) in [4.78, 5) is 4.44. The summed E-state index contributed by atoms with van der Waals surface area (Å²) >= 11 is 0. The Bertz CT molecular complexity index is 498. The van der Waals surface area contributed by atoms with Crippen molar-refractivity contribution in [2.24, 2.45) is 0 Å².